The molecule has 2 aliphatic carbocycles. The van der Waals surface area contributed by atoms with Gasteiger partial charge in [-0.1, -0.05) is 58.4 Å². The Kier molecular flexibility index (Phi) is 7.29. The summed E-state index contributed by atoms with van der Waals surface area (Å²) in [6.45, 7) is 4.81. The van der Waals surface area contributed by atoms with E-state index in [1.54, 1.807) is 0 Å². The van der Waals surface area contributed by atoms with Gasteiger partial charge >= 0.3 is 0 Å². The molecular weight excluding hydrogens is 328 g/mol. The van der Waals surface area contributed by atoms with Gasteiger partial charge < -0.3 is 5.11 Å². The fraction of sp³-hybridized carbons (Fsp3) is 0.769. The Morgan fingerprint density at radius 1 is 0.778 bits per heavy atom. The molecule has 0 aliphatic heterocycles. The minimum atomic E-state index is 0.439. The Balaban J connectivity index is 1.32. The summed E-state index contributed by atoms with van der Waals surface area (Å²) in [6, 6.07) is 6.08. The van der Waals surface area contributed by atoms with Gasteiger partial charge in [0.1, 0.15) is 5.75 Å². The van der Waals surface area contributed by atoms with Gasteiger partial charge in [0.25, 0.3) is 0 Å². The summed E-state index contributed by atoms with van der Waals surface area (Å²) < 4.78 is 0. The number of phenols is 1. The molecule has 0 saturated heterocycles. The van der Waals surface area contributed by atoms with Crippen LogP contribution in [0, 0.1) is 10.8 Å². The Morgan fingerprint density at radius 2 is 1.41 bits per heavy atom. The maximum Gasteiger partial charge on any atom is 0.115 e. The van der Waals surface area contributed by atoms with E-state index in [4.69, 9.17) is 0 Å². The number of benzene rings is 1. The van der Waals surface area contributed by atoms with E-state index >= 15 is 0 Å². The highest BCUT2D eigenvalue weighted by Crippen LogP contribution is 2.52. The van der Waals surface area contributed by atoms with E-state index in [9.17, 15) is 5.11 Å². The molecule has 1 nitrogen and oxygen atoms in total. The molecule has 27 heavy (non-hydrogen) atoms. The van der Waals surface area contributed by atoms with Crippen LogP contribution in [0.15, 0.2) is 18.2 Å². The van der Waals surface area contributed by atoms with Crippen LogP contribution in [0.25, 0.3) is 0 Å². The monoisotopic (exact) mass is 370 g/mol. The third kappa shape index (κ3) is 6.84. The van der Waals surface area contributed by atoms with Crippen molar-refractivity contribution in [3.8, 4) is 5.75 Å². The van der Waals surface area contributed by atoms with E-state index in [2.05, 4.69) is 19.9 Å². The maximum absolute atomic E-state index is 9.91. The Bertz CT molecular complexity index is 580. The molecule has 1 aromatic rings. The van der Waals surface area contributed by atoms with Gasteiger partial charge in [-0.3, -0.25) is 0 Å². The molecular formula is C26H42O. The molecule has 1 N–H and O–H groups in total. The van der Waals surface area contributed by atoms with Gasteiger partial charge in [0.05, 0.1) is 0 Å². The first-order valence-corrected chi connectivity index (χ1v) is 11.9. The molecule has 0 aromatic heterocycles. The highest BCUT2D eigenvalue weighted by atomic mass is 16.3. The first-order chi connectivity index (χ1) is 13.0. The minimum absolute atomic E-state index is 0.439. The van der Waals surface area contributed by atoms with E-state index in [0.29, 0.717) is 11.2 Å². The van der Waals surface area contributed by atoms with Crippen LogP contribution in [0.4, 0.5) is 0 Å². The summed E-state index contributed by atoms with van der Waals surface area (Å²) in [5.41, 5.74) is 4.35. The van der Waals surface area contributed by atoms with Crippen LogP contribution in [-0.2, 0) is 12.8 Å². The van der Waals surface area contributed by atoms with Gasteiger partial charge in [-0.05, 0) is 98.3 Å². The highest BCUT2D eigenvalue weighted by molar-refractivity contribution is 5.35. The predicted molar refractivity (Wildman–Crippen MR) is 116 cm³/mol. The van der Waals surface area contributed by atoms with Crippen LogP contribution in [0.5, 0.6) is 5.75 Å². The zero-order chi connectivity index (χ0) is 19.2. The smallest absolute Gasteiger partial charge is 0.115 e. The zero-order valence-corrected chi connectivity index (χ0v) is 18.0. The molecule has 0 bridgehead atoms. The lowest BCUT2D eigenvalue weighted by Crippen LogP contribution is -1.98. The lowest BCUT2D eigenvalue weighted by molar-refractivity contribution is 0.420. The SMILES string of the molecule is CCC1(CCCCCCc2cc(O)ccc2CCCCCC2(C)CC2)CC1. The minimum Gasteiger partial charge on any atom is -0.508 e. The standard InChI is InChI=1S/C26H42O/c1-3-26(19-20-26)16-10-5-4-7-12-23-21-24(27)14-13-22(23)11-8-6-9-15-25(2)17-18-25/h13-14,21,27H,3-12,15-20H2,1-2H3. The second-order valence-electron chi connectivity index (χ2n) is 10.1. The molecule has 1 aromatic carbocycles. The first kappa shape index (κ1) is 20.7. The van der Waals surface area contributed by atoms with Crippen LogP contribution < -0.4 is 0 Å². The van der Waals surface area contributed by atoms with Gasteiger partial charge in [0.2, 0.25) is 0 Å². The van der Waals surface area contributed by atoms with Crippen LogP contribution in [-0.4, -0.2) is 5.11 Å². The number of aryl methyl sites for hydroxylation is 2. The van der Waals surface area contributed by atoms with Crippen LogP contribution in [0.3, 0.4) is 0 Å². The predicted octanol–water partition coefficient (Wildman–Crippen LogP) is 7.98. The van der Waals surface area contributed by atoms with E-state index in [1.165, 1.54) is 107 Å². The third-order valence-corrected chi connectivity index (χ3v) is 7.63. The Morgan fingerprint density at radius 3 is 2.07 bits per heavy atom. The van der Waals surface area contributed by atoms with Gasteiger partial charge in [-0.15, -0.1) is 0 Å². The number of aromatic hydroxyl groups is 1. The van der Waals surface area contributed by atoms with Crippen LogP contribution in [0.1, 0.15) is 115 Å². The van der Waals surface area contributed by atoms with E-state index < -0.39 is 0 Å². The van der Waals surface area contributed by atoms with Crippen LogP contribution in [0.2, 0.25) is 0 Å². The average Bonchev–Trinajstić information content (AvgIpc) is 3.58. The number of phenolic OH excluding ortho intramolecular Hbond substituents is 1. The topological polar surface area (TPSA) is 20.2 Å². The summed E-state index contributed by atoms with van der Waals surface area (Å²) in [5, 5.41) is 9.91. The number of rotatable bonds is 14. The molecule has 3 rings (SSSR count). The quantitative estimate of drug-likeness (QED) is 0.329. The number of unbranched alkanes of at least 4 members (excludes halogenated alkanes) is 5. The van der Waals surface area contributed by atoms with Gasteiger partial charge in [0.15, 0.2) is 0 Å². The van der Waals surface area contributed by atoms with Gasteiger partial charge in [0, 0.05) is 0 Å². The van der Waals surface area contributed by atoms with Gasteiger partial charge in [-0.25, -0.2) is 0 Å². The fourth-order valence-corrected chi connectivity index (χ4v) is 4.72. The summed E-state index contributed by atoms with van der Waals surface area (Å²) in [7, 11) is 0. The van der Waals surface area contributed by atoms with Crippen molar-refractivity contribution in [2.45, 2.75) is 117 Å². The highest BCUT2D eigenvalue weighted by Gasteiger charge is 2.39. The van der Waals surface area contributed by atoms with Crippen LogP contribution >= 0.6 is 0 Å². The lowest BCUT2D eigenvalue weighted by Gasteiger charge is -2.13. The summed E-state index contributed by atoms with van der Waals surface area (Å²) >= 11 is 0. The molecule has 0 atom stereocenters. The van der Waals surface area contributed by atoms with Crippen molar-refractivity contribution in [2.24, 2.45) is 10.8 Å². The van der Waals surface area contributed by atoms with Gasteiger partial charge in [-0.2, -0.15) is 0 Å². The van der Waals surface area contributed by atoms with Crippen molar-refractivity contribution in [3.63, 3.8) is 0 Å². The molecule has 0 spiro atoms. The Labute approximate surface area is 168 Å². The van der Waals surface area contributed by atoms with Crippen molar-refractivity contribution in [2.75, 3.05) is 0 Å². The Hall–Kier alpha value is -0.980. The largest absolute Gasteiger partial charge is 0.508 e. The van der Waals surface area contributed by atoms with E-state index in [0.717, 1.165) is 11.8 Å². The fourth-order valence-electron chi connectivity index (χ4n) is 4.72. The molecule has 0 unspecified atom stereocenters. The molecule has 1 heteroatoms. The molecule has 2 fully saturated rings. The molecule has 0 radical (unpaired) electrons. The second-order valence-corrected chi connectivity index (χ2v) is 10.1. The molecule has 0 heterocycles. The first-order valence-electron chi connectivity index (χ1n) is 11.9. The third-order valence-electron chi connectivity index (χ3n) is 7.63. The van der Waals surface area contributed by atoms with Crippen molar-refractivity contribution < 1.29 is 5.11 Å². The maximum atomic E-state index is 9.91. The van der Waals surface area contributed by atoms with E-state index in [1.807, 2.05) is 12.1 Å². The van der Waals surface area contributed by atoms with E-state index in [-0.39, 0.29) is 0 Å². The average molecular weight is 371 g/mol. The second kappa shape index (κ2) is 9.48. The molecule has 2 aliphatic rings. The summed E-state index contributed by atoms with van der Waals surface area (Å²) in [6.07, 6.45) is 21.9. The van der Waals surface area contributed by atoms with Crippen molar-refractivity contribution in [1.82, 2.24) is 0 Å². The van der Waals surface area contributed by atoms with Crippen molar-refractivity contribution in [3.05, 3.63) is 29.3 Å². The van der Waals surface area contributed by atoms with Crippen molar-refractivity contribution >= 4 is 0 Å². The molecule has 0 amide bonds. The summed E-state index contributed by atoms with van der Waals surface area (Å²) in [5.74, 6) is 0.439. The molecule has 2 saturated carbocycles. The lowest BCUT2D eigenvalue weighted by atomic mass is 9.93. The number of hydrogen-bond acceptors (Lipinski definition) is 1. The number of hydrogen-bond donors (Lipinski definition) is 1. The van der Waals surface area contributed by atoms with Crippen molar-refractivity contribution in [1.29, 1.82) is 0 Å². The summed E-state index contributed by atoms with van der Waals surface area (Å²) in [4.78, 5) is 0. The zero-order valence-electron chi connectivity index (χ0n) is 18.0. The molecule has 152 valence electrons. The normalized spacial score (nSPS) is 19.2.